The van der Waals surface area contributed by atoms with E-state index in [0.717, 1.165) is 43.8 Å². The van der Waals surface area contributed by atoms with Gasteiger partial charge in [-0.3, -0.25) is 4.90 Å². The smallest absolute Gasteiger partial charge is 0.119 e. The van der Waals surface area contributed by atoms with Crippen molar-refractivity contribution >= 4 is 0 Å². The number of benzene rings is 2. The van der Waals surface area contributed by atoms with Crippen LogP contribution in [0, 0.1) is 0 Å². The van der Waals surface area contributed by atoms with Gasteiger partial charge in [0.15, 0.2) is 0 Å². The Labute approximate surface area is 145 Å². The Morgan fingerprint density at radius 1 is 1.00 bits per heavy atom. The summed E-state index contributed by atoms with van der Waals surface area (Å²) < 4.78 is 5.29. The van der Waals surface area contributed by atoms with Gasteiger partial charge in [0, 0.05) is 19.6 Å². The van der Waals surface area contributed by atoms with Crippen LogP contribution in [0.25, 0.3) is 0 Å². The summed E-state index contributed by atoms with van der Waals surface area (Å²) in [6.45, 7) is 6.81. The van der Waals surface area contributed by atoms with Crippen LogP contribution < -0.4 is 4.74 Å². The molecule has 0 bridgehead atoms. The number of aliphatic hydroxyl groups excluding tert-OH is 1. The Morgan fingerprint density at radius 2 is 1.62 bits per heavy atom. The maximum atomic E-state index is 9.24. The minimum Gasteiger partial charge on any atom is -0.497 e. The summed E-state index contributed by atoms with van der Waals surface area (Å²) in [6.07, 6.45) is 3.91. The molecule has 2 rings (SSSR count). The van der Waals surface area contributed by atoms with Gasteiger partial charge in [-0.15, -0.1) is 6.58 Å². The largest absolute Gasteiger partial charge is 0.497 e. The van der Waals surface area contributed by atoms with Crippen molar-refractivity contribution in [2.24, 2.45) is 0 Å². The molecule has 2 aromatic rings. The lowest BCUT2D eigenvalue weighted by molar-refractivity contribution is 0.281. The van der Waals surface area contributed by atoms with Gasteiger partial charge in [-0.1, -0.05) is 42.5 Å². The first-order chi connectivity index (χ1) is 11.7. The first kappa shape index (κ1) is 18.2. The molecule has 3 nitrogen and oxygen atoms in total. The van der Waals surface area contributed by atoms with Crippen molar-refractivity contribution < 1.29 is 9.84 Å². The van der Waals surface area contributed by atoms with E-state index in [1.807, 2.05) is 30.3 Å². The number of hydrogen-bond donors (Lipinski definition) is 1. The highest BCUT2D eigenvalue weighted by Crippen LogP contribution is 2.13. The van der Waals surface area contributed by atoms with Crippen LogP contribution >= 0.6 is 0 Å². The lowest BCUT2D eigenvalue weighted by Gasteiger charge is -2.21. The molecule has 0 radical (unpaired) electrons. The fraction of sp³-hybridized carbons (Fsp3) is 0.333. The van der Waals surface area contributed by atoms with Gasteiger partial charge in [-0.2, -0.15) is 0 Å². The molecule has 0 saturated carbocycles. The molecule has 3 heteroatoms. The molecule has 0 fully saturated rings. The first-order valence-electron chi connectivity index (χ1n) is 8.40. The van der Waals surface area contributed by atoms with Gasteiger partial charge in [0.05, 0.1) is 13.7 Å². The monoisotopic (exact) mass is 325 g/mol. The highest BCUT2D eigenvalue weighted by molar-refractivity contribution is 5.28. The van der Waals surface area contributed by atoms with Crippen LogP contribution in [-0.4, -0.2) is 36.8 Å². The minimum absolute atomic E-state index is 0.0973. The zero-order valence-corrected chi connectivity index (χ0v) is 14.4. The highest BCUT2D eigenvalue weighted by Gasteiger charge is 2.05. The normalized spacial score (nSPS) is 10.8. The van der Waals surface area contributed by atoms with Crippen molar-refractivity contribution in [3.63, 3.8) is 0 Å². The van der Waals surface area contributed by atoms with Crippen LogP contribution in [-0.2, 0) is 19.4 Å². The summed E-state index contributed by atoms with van der Waals surface area (Å²) in [5, 5.41) is 9.24. The summed E-state index contributed by atoms with van der Waals surface area (Å²) in [7, 11) is 1.70. The maximum absolute atomic E-state index is 9.24. The van der Waals surface area contributed by atoms with Gasteiger partial charge in [-0.05, 0) is 41.7 Å². The summed E-state index contributed by atoms with van der Waals surface area (Å²) in [5.41, 5.74) is 3.52. The first-order valence-corrected chi connectivity index (χ1v) is 8.40. The Balaban J connectivity index is 1.89. The minimum atomic E-state index is 0.0973. The average Bonchev–Trinajstić information content (AvgIpc) is 2.64. The second-order valence-corrected chi connectivity index (χ2v) is 5.92. The number of nitrogens with zero attached hydrogens (tertiary/aromatic N) is 1. The van der Waals surface area contributed by atoms with E-state index in [1.54, 1.807) is 7.11 Å². The Hall–Kier alpha value is -2.10. The maximum Gasteiger partial charge on any atom is 0.119 e. The predicted molar refractivity (Wildman–Crippen MR) is 99.4 cm³/mol. The van der Waals surface area contributed by atoms with Crippen LogP contribution in [0.15, 0.2) is 61.2 Å². The molecular weight excluding hydrogens is 298 g/mol. The van der Waals surface area contributed by atoms with E-state index in [4.69, 9.17) is 4.74 Å². The molecule has 0 aliphatic heterocycles. The lowest BCUT2D eigenvalue weighted by atomic mass is 10.1. The third kappa shape index (κ3) is 5.84. The zero-order valence-electron chi connectivity index (χ0n) is 14.4. The molecule has 0 atom stereocenters. The summed E-state index contributed by atoms with van der Waals surface area (Å²) in [6, 6.07) is 16.4. The molecule has 0 saturated heterocycles. The van der Waals surface area contributed by atoms with Crippen molar-refractivity contribution in [2.45, 2.75) is 19.4 Å². The van der Waals surface area contributed by atoms with Crippen molar-refractivity contribution in [1.29, 1.82) is 0 Å². The molecule has 128 valence electrons. The molecule has 0 aliphatic carbocycles. The SMILES string of the molecule is C=CCN(CCc1cccc(CO)c1)CCc1cccc(OC)c1. The fourth-order valence-electron chi connectivity index (χ4n) is 2.76. The van der Waals surface area contributed by atoms with E-state index in [9.17, 15) is 5.11 Å². The third-order valence-electron chi connectivity index (χ3n) is 4.13. The Morgan fingerprint density at radius 3 is 2.25 bits per heavy atom. The van der Waals surface area contributed by atoms with E-state index in [-0.39, 0.29) is 6.61 Å². The highest BCUT2D eigenvalue weighted by atomic mass is 16.5. The van der Waals surface area contributed by atoms with Crippen molar-refractivity contribution in [3.8, 4) is 5.75 Å². The van der Waals surface area contributed by atoms with Gasteiger partial charge < -0.3 is 9.84 Å². The summed E-state index contributed by atoms with van der Waals surface area (Å²) in [5.74, 6) is 0.906. The average molecular weight is 325 g/mol. The number of hydrogen-bond acceptors (Lipinski definition) is 3. The third-order valence-corrected chi connectivity index (χ3v) is 4.13. The Kier molecular flexibility index (Phi) is 7.53. The molecule has 0 unspecified atom stereocenters. The fourth-order valence-corrected chi connectivity index (χ4v) is 2.76. The second-order valence-electron chi connectivity index (χ2n) is 5.92. The zero-order chi connectivity index (χ0) is 17.2. The van der Waals surface area contributed by atoms with E-state index in [2.05, 4.69) is 35.7 Å². The van der Waals surface area contributed by atoms with E-state index < -0.39 is 0 Å². The van der Waals surface area contributed by atoms with E-state index >= 15 is 0 Å². The summed E-state index contributed by atoms with van der Waals surface area (Å²) >= 11 is 0. The Bertz CT molecular complexity index is 588. The number of rotatable bonds is 10. The molecule has 0 aliphatic rings. The number of ether oxygens (including phenoxy) is 1. The van der Waals surface area contributed by atoms with Crippen LogP contribution in [0.4, 0.5) is 0 Å². The summed E-state index contributed by atoms with van der Waals surface area (Å²) in [4.78, 5) is 2.40. The van der Waals surface area contributed by atoms with Gasteiger partial charge in [0.25, 0.3) is 0 Å². The van der Waals surface area contributed by atoms with Gasteiger partial charge >= 0.3 is 0 Å². The van der Waals surface area contributed by atoms with Gasteiger partial charge in [0.1, 0.15) is 5.75 Å². The van der Waals surface area contributed by atoms with Gasteiger partial charge in [0.2, 0.25) is 0 Å². The van der Waals surface area contributed by atoms with E-state index in [0.29, 0.717) is 0 Å². The van der Waals surface area contributed by atoms with E-state index in [1.165, 1.54) is 11.1 Å². The predicted octanol–water partition coefficient (Wildman–Crippen LogP) is 3.46. The molecule has 0 heterocycles. The second kappa shape index (κ2) is 9.91. The van der Waals surface area contributed by atoms with Crippen LogP contribution in [0.2, 0.25) is 0 Å². The van der Waals surface area contributed by atoms with Crippen molar-refractivity contribution in [1.82, 2.24) is 4.90 Å². The molecule has 24 heavy (non-hydrogen) atoms. The van der Waals surface area contributed by atoms with Crippen LogP contribution in [0.5, 0.6) is 5.75 Å². The molecule has 2 aromatic carbocycles. The van der Waals surface area contributed by atoms with Crippen LogP contribution in [0.1, 0.15) is 16.7 Å². The molecule has 0 amide bonds. The van der Waals surface area contributed by atoms with Crippen molar-refractivity contribution in [3.05, 3.63) is 77.9 Å². The van der Waals surface area contributed by atoms with Crippen LogP contribution in [0.3, 0.4) is 0 Å². The number of aliphatic hydroxyl groups is 1. The number of methoxy groups -OCH3 is 1. The molecule has 0 aromatic heterocycles. The lowest BCUT2D eigenvalue weighted by Crippen LogP contribution is -2.28. The molecule has 0 spiro atoms. The quantitative estimate of drug-likeness (QED) is 0.679. The molecular formula is C21H27NO2. The topological polar surface area (TPSA) is 32.7 Å². The van der Waals surface area contributed by atoms with Gasteiger partial charge in [-0.25, -0.2) is 0 Å². The standard InChI is InChI=1S/C21H27NO2/c1-3-12-22(13-10-18-6-4-8-20(15-18)17-23)14-11-19-7-5-9-21(16-19)24-2/h3-9,15-16,23H,1,10-14,17H2,2H3. The molecule has 1 N–H and O–H groups in total. The van der Waals surface area contributed by atoms with Crippen molar-refractivity contribution in [2.75, 3.05) is 26.7 Å².